The zero-order chi connectivity index (χ0) is 22.4. The highest BCUT2D eigenvalue weighted by Crippen LogP contribution is 2.31. The van der Waals surface area contributed by atoms with Gasteiger partial charge in [-0.1, -0.05) is 45.0 Å². The van der Waals surface area contributed by atoms with E-state index in [1.807, 2.05) is 13.8 Å². The fourth-order valence-electron chi connectivity index (χ4n) is 2.97. The van der Waals surface area contributed by atoms with Crippen molar-refractivity contribution >= 4 is 39.7 Å². The average Bonchev–Trinajstić information content (AvgIpc) is 3.12. The maximum Gasteiger partial charge on any atom is 0.257 e. The van der Waals surface area contributed by atoms with Gasteiger partial charge in [-0.15, -0.1) is 11.3 Å². The van der Waals surface area contributed by atoms with Gasteiger partial charge in [0.1, 0.15) is 5.75 Å². The minimum absolute atomic E-state index is 0.215. The molecule has 1 heterocycles. The molecule has 0 spiro atoms. The largest absolute Gasteiger partial charge is 0.494 e. The van der Waals surface area contributed by atoms with Crippen LogP contribution in [0.25, 0.3) is 11.3 Å². The zero-order valence-corrected chi connectivity index (χ0v) is 19.8. The van der Waals surface area contributed by atoms with Crippen molar-refractivity contribution in [1.29, 1.82) is 0 Å². The third-order valence-corrected chi connectivity index (χ3v) is 5.77. The molecule has 3 rings (SSSR count). The quantitative estimate of drug-likeness (QED) is 0.420. The van der Waals surface area contributed by atoms with Gasteiger partial charge in [0.15, 0.2) is 10.2 Å². The Kier molecular flexibility index (Phi) is 7.76. The minimum atomic E-state index is -0.280. The van der Waals surface area contributed by atoms with Gasteiger partial charge in [0, 0.05) is 16.0 Å². The van der Waals surface area contributed by atoms with Gasteiger partial charge in [0.05, 0.1) is 12.3 Å². The van der Waals surface area contributed by atoms with Crippen LogP contribution in [0.3, 0.4) is 0 Å². The number of benzene rings is 2. The number of aryl methyl sites for hydroxylation is 1. The molecule has 2 N–H and O–H groups in total. The standard InChI is InChI=1S/C24H27N3O2S2/c1-5-14-29-20-12-10-19(11-13-20)22(28)26-23(30)27-24-25-21(16(4)31-24)18-8-6-17(7-9-18)15(2)3/h6-13,15H,5,14H2,1-4H3,(H2,25,26,27,28,30). The summed E-state index contributed by atoms with van der Waals surface area (Å²) in [5.41, 5.74) is 3.78. The smallest absolute Gasteiger partial charge is 0.257 e. The number of nitrogens with one attached hydrogen (secondary N) is 2. The van der Waals surface area contributed by atoms with Gasteiger partial charge in [0.25, 0.3) is 5.91 Å². The van der Waals surface area contributed by atoms with Gasteiger partial charge in [-0.3, -0.25) is 10.1 Å². The molecule has 162 valence electrons. The topological polar surface area (TPSA) is 63.2 Å². The number of rotatable bonds is 7. The molecular formula is C24H27N3O2S2. The molecule has 0 aliphatic heterocycles. The van der Waals surface area contributed by atoms with Gasteiger partial charge >= 0.3 is 0 Å². The number of thiazole rings is 1. The third kappa shape index (κ3) is 6.12. The molecule has 1 amide bonds. The Bertz CT molecular complexity index is 1040. The monoisotopic (exact) mass is 453 g/mol. The first kappa shape index (κ1) is 22.9. The van der Waals surface area contributed by atoms with E-state index >= 15 is 0 Å². The Labute approximate surface area is 192 Å². The molecule has 5 nitrogen and oxygen atoms in total. The van der Waals surface area contributed by atoms with E-state index in [9.17, 15) is 4.79 Å². The van der Waals surface area contributed by atoms with Crippen molar-refractivity contribution < 1.29 is 9.53 Å². The Morgan fingerprint density at radius 1 is 1.13 bits per heavy atom. The first-order valence-electron chi connectivity index (χ1n) is 10.3. The number of aromatic nitrogens is 1. The lowest BCUT2D eigenvalue weighted by molar-refractivity contribution is 0.0977. The van der Waals surface area contributed by atoms with Crippen molar-refractivity contribution in [2.45, 2.75) is 40.0 Å². The Hall–Kier alpha value is -2.77. The van der Waals surface area contributed by atoms with Crippen molar-refractivity contribution in [2.24, 2.45) is 0 Å². The molecule has 7 heteroatoms. The number of hydrogen-bond donors (Lipinski definition) is 2. The second-order valence-corrected chi connectivity index (χ2v) is 9.09. The molecule has 0 bridgehead atoms. The van der Waals surface area contributed by atoms with Crippen molar-refractivity contribution in [2.75, 3.05) is 11.9 Å². The van der Waals surface area contributed by atoms with Crippen LogP contribution in [-0.4, -0.2) is 22.6 Å². The molecule has 0 radical (unpaired) electrons. The second-order valence-electron chi connectivity index (χ2n) is 7.48. The number of ether oxygens (including phenoxy) is 1. The van der Waals surface area contributed by atoms with Crippen LogP contribution in [0.15, 0.2) is 48.5 Å². The summed E-state index contributed by atoms with van der Waals surface area (Å²) in [6.45, 7) is 9.07. The van der Waals surface area contributed by atoms with Crippen LogP contribution in [0.1, 0.15) is 53.9 Å². The number of carbonyl (C=O) groups is 1. The van der Waals surface area contributed by atoms with Crippen LogP contribution in [-0.2, 0) is 0 Å². The van der Waals surface area contributed by atoms with Crippen LogP contribution in [0.2, 0.25) is 0 Å². The van der Waals surface area contributed by atoms with E-state index < -0.39 is 0 Å². The Balaban J connectivity index is 1.61. The number of carbonyl (C=O) groups excluding carboxylic acids is 1. The number of hydrogen-bond acceptors (Lipinski definition) is 5. The lowest BCUT2D eigenvalue weighted by atomic mass is 10.0. The molecule has 0 unspecified atom stereocenters. The molecule has 3 aromatic rings. The molecule has 0 atom stereocenters. The van der Waals surface area contributed by atoms with Gasteiger partial charge in [-0.05, 0) is 61.3 Å². The molecule has 1 aromatic heterocycles. The summed E-state index contributed by atoms with van der Waals surface area (Å²) in [5.74, 6) is 0.951. The normalized spacial score (nSPS) is 10.7. The summed E-state index contributed by atoms with van der Waals surface area (Å²) in [7, 11) is 0. The van der Waals surface area contributed by atoms with Crippen LogP contribution >= 0.6 is 23.6 Å². The van der Waals surface area contributed by atoms with Gasteiger partial charge in [-0.2, -0.15) is 0 Å². The fraction of sp³-hybridized carbons (Fsp3) is 0.292. The third-order valence-electron chi connectivity index (χ3n) is 4.68. The highest BCUT2D eigenvalue weighted by molar-refractivity contribution is 7.80. The van der Waals surface area contributed by atoms with Crippen LogP contribution < -0.4 is 15.4 Å². The van der Waals surface area contributed by atoms with Crippen molar-refractivity contribution in [3.63, 3.8) is 0 Å². The fourth-order valence-corrected chi connectivity index (χ4v) is 4.06. The minimum Gasteiger partial charge on any atom is -0.494 e. The van der Waals surface area contributed by atoms with Gasteiger partial charge in [-0.25, -0.2) is 4.98 Å². The predicted octanol–water partition coefficient (Wildman–Crippen LogP) is 6.16. The number of anilines is 1. The summed E-state index contributed by atoms with van der Waals surface area (Å²) in [6, 6.07) is 15.4. The summed E-state index contributed by atoms with van der Waals surface area (Å²) < 4.78 is 5.54. The van der Waals surface area contributed by atoms with E-state index in [-0.39, 0.29) is 11.0 Å². The van der Waals surface area contributed by atoms with Gasteiger partial charge < -0.3 is 10.1 Å². The first-order chi connectivity index (χ1) is 14.9. The molecule has 0 aliphatic rings. The van der Waals surface area contributed by atoms with Crippen LogP contribution in [0.4, 0.5) is 5.13 Å². The van der Waals surface area contributed by atoms with E-state index in [1.54, 1.807) is 24.3 Å². The Morgan fingerprint density at radius 3 is 2.42 bits per heavy atom. The summed E-state index contributed by atoms with van der Waals surface area (Å²) in [6.07, 6.45) is 0.934. The van der Waals surface area contributed by atoms with E-state index in [1.165, 1.54) is 16.9 Å². The van der Waals surface area contributed by atoms with Crippen LogP contribution in [0.5, 0.6) is 5.75 Å². The molecule has 0 saturated heterocycles. The second kappa shape index (κ2) is 10.5. The lowest BCUT2D eigenvalue weighted by Gasteiger charge is -2.08. The molecule has 0 fully saturated rings. The molecule has 31 heavy (non-hydrogen) atoms. The predicted molar refractivity (Wildman–Crippen MR) is 132 cm³/mol. The number of nitrogens with zero attached hydrogens (tertiary/aromatic N) is 1. The van der Waals surface area contributed by atoms with E-state index in [0.29, 0.717) is 23.2 Å². The summed E-state index contributed by atoms with van der Waals surface area (Å²) in [5, 5.41) is 6.59. The molecule has 0 aliphatic carbocycles. The van der Waals surface area contributed by atoms with E-state index in [2.05, 4.69) is 53.7 Å². The maximum atomic E-state index is 12.5. The highest BCUT2D eigenvalue weighted by Gasteiger charge is 2.13. The number of amides is 1. The van der Waals surface area contributed by atoms with E-state index in [4.69, 9.17) is 17.0 Å². The Morgan fingerprint density at radius 2 is 1.81 bits per heavy atom. The maximum absolute atomic E-state index is 12.5. The summed E-state index contributed by atoms with van der Waals surface area (Å²) >= 11 is 6.81. The van der Waals surface area contributed by atoms with Crippen LogP contribution in [0, 0.1) is 6.92 Å². The van der Waals surface area contributed by atoms with E-state index in [0.717, 1.165) is 28.3 Å². The first-order valence-corrected chi connectivity index (χ1v) is 11.5. The lowest BCUT2D eigenvalue weighted by Crippen LogP contribution is -2.34. The highest BCUT2D eigenvalue weighted by atomic mass is 32.1. The molecule has 2 aromatic carbocycles. The molecular weight excluding hydrogens is 426 g/mol. The van der Waals surface area contributed by atoms with Gasteiger partial charge in [0.2, 0.25) is 0 Å². The number of thiocarbonyl (C=S) groups is 1. The summed E-state index contributed by atoms with van der Waals surface area (Å²) in [4.78, 5) is 18.2. The SMILES string of the molecule is CCCOc1ccc(C(=O)NC(=S)Nc2nc(-c3ccc(C(C)C)cc3)c(C)s2)cc1. The van der Waals surface area contributed by atoms with Crippen molar-refractivity contribution in [3.8, 4) is 17.0 Å². The van der Waals surface area contributed by atoms with Crippen molar-refractivity contribution in [1.82, 2.24) is 10.3 Å². The average molecular weight is 454 g/mol. The van der Waals surface area contributed by atoms with Crippen molar-refractivity contribution in [3.05, 3.63) is 64.5 Å². The molecule has 0 saturated carbocycles. The zero-order valence-electron chi connectivity index (χ0n) is 18.2.